The van der Waals surface area contributed by atoms with Crippen LogP contribution in [-0.4, -0.2) is 0 Å². The van der Waals surface area contributed by atoms with Crippen molar-refractivity contribution in [1.29, 1.82) is 0 Å². The van der Waals surface area contributed by atoms with Crippen molar-refractivity contribution in [2.45, 2.75) is 12.8 Å². The van der Waals surface area contributed by atoms with Crippen molar-refractivity contribution in [2.75, 3.05) is 0 Å². The number of hydrogen-bond donors (Lipinski definition) is 0. The maximum atomic E-state index is 15.2. The van der Waals surface area contributed by atoms with Crippen LogP contribution in [0.25, 0.3) is 33.0 Å². The molecule has 0 saturated carbocycles. The van der Waals surface area contributed by atoms with Crippen molar-refractivity contribution in [1.82, 2.24) is 0 Å². The highest BCUT2D eigenvalue weighted by Crippen LogP contribution is 2.44. The Kier molecular flexibility index (Phi) is 5.00. The Morgan fingerprint density at radius 3 is 1.48 bits per heavy atom. The van der Waals surface area contributed by atoms with Gasteiger partial charge in [-0.3, -0.25) is 0 Å². The molecule has 1 aliphatic rings. The zero-order chi connectivity index (χ0) is 23.8. The van der Waals surface area contributed by atoms with Crippen LogP contribution in [-0.2, 0) is 12.8 Å². The Morgan fingerprint density at radius 2 is 1.00 bits per heavy atom. The molecule has 4 aromatic rings. The molecular weight excluding hydrogens is 520 g/mol. The van der Waals surface area contributed by atoms with E-state index in [0.717, 1.165) is 17.5 Å². The van der Waals surface area contributed by atoms with Gasteiger partial charge in [0, 0.05) is 0 Å². The second kappa shape index (κ2) is 7.55. The lowest BCUT2D eigenvalue weighted by molar-refractivity contribution is 0.439. The molecule has 0 bridgehead atoms. The second-order valence-electron chi connectivity index (χ2n) is 7.56. The van der Waals surface area contributed by atoms with E-state index in [1.54, 1.807) is 18.2 Å². The SMILES string of the molecule is Fc1c(F)c(-c2c(F)c(F)c(-c3cc4c(c5ccccc35)CC4)c(F)c2F)c(F)c(F)c1Br. The number of hydrogen-bond acceptors (Lipinski definition) is 0. The smallest absolute Gasteiger partial charge is 0.176 e. The van der Waals surface area contributed by atoms with Crippen molar-refractivity contribution in [3.05, 3.63) is 92.5 Å². The minimum Gasteiger partial charge on any atom is -0.203 e. The average Bonchev–Trinajstić information content (AvgIpc) is 2.78. The summed E-state index contributed by atoms with van der Waals surface area (Å²) in [6.45, 7) is 0. The van der Waals surface area contributed by atoms with Gasteiger partial charge in [0.1, 0.15) is 0 Å². The van der Waals surface area contributed by atoms with Crippen molar-refractivity contribution in [2.24, 2.45) is 0 Å². The minimum absolute atomic E-state index is 0.155. The lowest BCUT2D eigenvalue weighted by Gasteiger charge is -2.24. The highest BCUT2D eigenvalue weighted by molar-refractivity contribution is 9.10. The molecule has 0 heterocycles. The molecule has 0 saturated heterocycles. The summed E-state index contributed by atoms with van der Waals surface area (Å²) in [5, 5.41) is 0.965. The number of aryl methyl sites for hydroxylation is 2. The molecule has 0 aliphatic heterocycles. The molecule has 0 nitrogen and oxygen atoms in total. The van der Waals surface area contributed by atoms with Gasteiger partial charge in [-0.2, -0.15) is 0 Å². The summed E-state index contributed by atoms with van der Waals surface area (Å²) >= 11 is 2.27. The molecule has 0 N–H and O–H groups in total. The number of halogens is 9. The quantitative estimate of drug-likeness (QED) is 0.140. The molecule has 0 radical (unpaired) electrons. The zero-order valence-electron chi connectivity index (χ0n) is 16.2. The summed E-state index contributed by atoms with van der Waals surface area (Å²) in [5.74, 6) is -16.7. The molecule has 9 heteroatoms. The van der Waals surface area contributed by atoms with Gasteiger partial charge >= 0.3 is 0 Å². The van der Waals surface area contributed by atoms with Crippen LogP contribution in [0.3, 0.4) is 0 Å². The molecule has 33 heavy (non-hydrogen) atoms. The average molecular weight is 529 g/mol. The van der Waals surface area contributed by atoms with Crippen molar-refractivity contribution in [3.63, 3.8) is 0 Å². The van der Waals surface area contributed by atoms with Crippen LogP contribution in [0.2, 0.25) is 0 Å². The van der Waals surface area contributed by atoms with Gasteiger partial charge in [-0.1, -0.05) is 30.3 Å². The van der Waals surface area contributed by atoms with E-state index in [4.69, 9.17) is 0 Å². The molecule has 0 unspecified atom stereocenters. The predicted octanol–water partition coefficient (Wildman–Crippen LogP) is 8.15. The van der Waals surface area contributed by atoms with Crippen molar-refractivity contribution >= 4 is 26.7 Å². The molecular formula is C24H9BrF8. The molecule has 0 spiro atoms. The fourth-order valence-electron chi connectivity index (χ4n) is 4.21. The molecule has 5 rings (SSSR count). The second-order valence-corrected chi connectivity index (χ2v) is 8.35. The van der Waals surface area contributed by atoms with Crippen LogP contribution in [0.15, 0.2) is 34.8 Å². The third kappa shape index (κ3) is 2.94. The Morgan fingerprint density at radius 1 is 0.545 bits per heavy atom. The first-order valence-corrected chi connectivity index (χ1v) is 10.4. The Hall–Kier alpha value is -2.94. The van der Waals surface area contributed by atoms with E-state index in [0.29, 0.717) is 17.2 Å². The van der Waals surface area contributed by atoms with E-state index in [9.17, 15) is 17.6 Å². The summed E-state index contributed by atoms with van der Waals surface area (Å²) in [5.41, 5.74) is -3.34. The highest BCUT2D eigenvalue weighted by atomic mass is 79.9. The monoisotopic (exact) mass is 528 g/mol. The van der Waals surface area contributed by atoms with Crippen molar-refractivity contribution in [3.8, 4) is 22.3 Å². The maximum absolute atomic E-state index is 15.2. The first kappa shape index (κ1) is 21.9. The van der Waals surface area contributed by atoms with Gasteiger partial charge in [0.2, 0.25) is 0 Å². The molecule has 0 aromatic heterocycles. The topological polar surface area (TPSA) is 0 Å². The largest absolute Gasteiger partial charge is 0.203 e. The number of benzene rings is 4. The van der Waals surface area contributed by atoms with Gasteiger partial charge in [0.05, 0.1) is 21.2 Å². The van der Waals surface area contributed by atoms with E-state index in [1.165, 1.54) is 12.1 Å². The van der Waals surface area contributed by atoms with Gasteiger partial charge in [0.25, 0.3) is 0 Å². The van der Waals surface area contributed by atoms with Gasteiger partial charge in [-0.05, 0) is 56.2 Å². The lowest BCUT2D eigenvalue weighted by Crippen LogP contribution is -2.11. The highest BCUT2D eigenvalue weighted by Gasteiger charge is 2.34. The van der Waals surface area contributed by atoms with Gasteiger partial charge in [-0.25, -0.2) is 35.1 Å². The molecule has 0 atom stereocenters. The molecule has 1 aliphatic carbocycles. The van der Waals surface area contributed by atoms with E-state index in [2.05, 4.69) is 15.9 Å². The third-order valence-electron chi connectivity index (χ3n) is 5.89. The molecule has 168 valence electrons. The first-order valence-electron chi connectivity index (χ1n) is 9.56. The molecule has 0 fully saturated rings. The molecule has 4 aromatic carbocycles. The summed E-state index contributed by atoms with van der Waals surface area (Å²) in [7, 11) is 0. The van der Waals surface area contributed by atoms with Gasteiger partial charge < -0.3 is 0 Å². The summed E-state index contributed by atoms with van der Waals surface area (Å²) in [4.78, 5) is 0. The van der Waals surface area contributed by atoms with E-state index in [-0.39, 0.29) is 5.56 Å². The first-order chi connectivity index (χ1) is 15.6. The number of rotatable bonds is 2. The lowest BCUT2D eigenvalue weighted by atomic mass is 9.80. The standard InChI is InChI=1S/C24H9BrF8/c25-16-23(32)21(30)15(22(31)24(16)33)14-19(28)17(26)13(18(27)20(14)29)12-7-8-5-6-9(8)10-3-1-2-4-11(10)12/h1-4,7H,5-6H2. The maximum Gasteiger partial charge on any atom is 0.176 e. The fourth-order valence-corrected chi connectivity index (χ4v) is 4.56. The van der Waals surface area contributed by atoms with E-state index in [1.807, 2.05) is 0 Å². The van der Waals surface area contributed by atoms with Crippen LogP contribution >= 0.6 is 15.9 Å². The Balaban J connectivity index is 1.86. The molecule has 0 amide bonds. The van der Waals surface area contributed by atoms with Gasteiger partial charge in [0.15, 0.2) is 46.5 Å². The van der Waals surface area contributed by atoms with Crippen LogP contribution in [0, 0.1) is 46.5 Å². The Labute approximate surface area is 189 Å². The van der Waals surface area contributed by atoms with Crippen LogP contribution in [0.1, 0.15) is 11.1 Å². The van der Waals surface area contributed by atoms with E-state index >= 15 is 17.6 Å². The summed E-state index contributed by atoms with van der Waals surface area (Å²) < 4.78 is 116. The summed E-state index contributed by atoms with van der Waals surface area (Å²) in [6, 6.07) is 7.90. The van der Waals surface area contributed by atoms with Gasteiger partial charge in [-0.15, -0.1) is 0 Å². The van der Waals surface area contributed by atoms with Crippen molar-refractivity contribution < 1.29 is 35.1 Å². The third-order valence-corrected chi connectivity index (χ3v) is 6.58. The van der Waals surface area contributed by atoms with Crippen LogP contribution in [0.5, 0.6) is 0 Å². The normalized spacial score (nSPS) is 12.8. The number of fused-ring (bicyclic) bond motifs is 3. The summed E-state index contributed by atoms with van der Waals surface area (Å²) in [6.07, 6.45) is 1.31. The minimum atomic E-state index is -2.21. The van der Waals surface area contributed by atoms with E-state index < -0.39 is 67.7 Å². The van der Waals surface area contributed by atoms with Crippen LogP contribution < -0.4 is 0 Å². The zero-order valence-corrected chi connectivity index (χ0v) is 17.8. The predicted molar refractivity (Wildman–Crippen MR) is 110 cm³/mol. The Bertz CT molecular complexity index is 1450. The van der Waals surface area contributed by atoms with Crippen LogP contribution in [0.4, 0.5) is 35.1 Å². The fraction of sp³-hybridized carbons (Fsp3) is 0.0833.